The molecular formula is C15H12N2O3. The largest absolute Gasteiger partial charge is 0.323 e. The van der Waals surface area contributed by atoms with Crippen molar-refractivity contribution in [3.63, 3.8) is 0 Å². The minimum absolute atomic E-state index is 0.402. The normalized spacial score (nSPS) is 9.60. The van der Waals surface area contributed by atoms with Crippen LogP contribution in [0.4, 0.5) is 16.2 Å². The van der Waals surface area contributed by atoms with Gasteiger partial charge in [0.2, 0.25) is 0 Å². The Morgan fingerprint density at radius 1 is 0.850 bits per heavy atom. The first kappa shape index (κ1) is 13.5. The number of anilines is 2. The summed E-state index contributed by atoms with van der Waals surface area (Å²) in [5.74, 6) is 0. The number of hydrogen-bond donors (Lipinski definition) is 2. The quantitative estimate of drug-likeness (QED) is 0.837. The first-order chi connectivity index (χ1) is 9.72. The van der Waals surface area contributed by atoms with Crippen molar-refractivity contribution in [1.82, 2.24) is 0 Å². The molecule has 20 heavy (non-hydrogen) atoms. The number of carbonyl (C=O) groups excluding carboxylic acids is 3. The molecule has 0 saturated carbocycles. The van der Waals surface area contributed by atoms with Crippen molar-refractivity contribution in [1.29, 1.82) is 0 Å². The number of aldehydes is 2. The minimum Gasteiger partial charge on any atom is -0.308 e. The summed E-state index contributed by atoms with van der Waals surface area (Å²) in [6.07, 6.45) is 1.40. The summed E-state index contributed by atoms with van der Waals surface area (Å²) >= 11 is 0. The number of nitrogens with one attached hydrogen (secondary N) is 2. The second-order valence-corrected chi connectivity index (χ2v) is 4.02. The lowest BCUT2D eigenvalue weighted by molar-refractivity contribution is 0.111. The van der Waals surface area contributed by atoms with Gasteiger partial charge in [0.25, 0.3) is 0 Å². The molecule has 2 aromatic rings. The van der Waals surface area contributed by atoms with Crippen LogP contribution in [0.1, 0.15) is 20.7 Å². The van der Waals surface area contributed by atoms with E-state index in [0.29, 0.717) is 28.8 Å². The molecule has 0 atom stereocenters. The highest BCUT2D eigenvalue weighted by atomic mass is 16.2. The highest BCUT2D eigenvalue weighted by Crippen LogP contribution is 2.14. The first-order valence-electron chi connectivity index (χ1n) is 5.90. The topological polar surface area (TPSA) is 75.3 Å². The van der Waals surface area contributed by atoms with E-state index < -0.39 is 6.03 Å². The Morgan fingerprint density at radius 2 is 1.55 bits per heavy atom. The van der Waals surface area contributed by atoms with Gasteiger partial charge in [-0.1, -0.05) is 12.1 Å². The molecule has 0 saturated heterocycles. The van der Waals surface area contributed by atoms with Crippen LogP contribution in [-0.4, -0.2) is 18.6 Å². The lowest BCUT2D eigenvalue weighted by Gasteiger charge is -2.09. The maximum atomic E-state index is 11.8. The molecule has 2 N–H and O–H groups in total. The van der Waals surface area contributed by atoms with Crippen molar-refractivity contribution >= 4 is 30.0 Å². The molecule has 0 bridgehead atoms. The van der Waals surface area contributed by atoms with Crippen molar-refractivity contribution < 1.29 is 14.4 Å². The summed E-state index contributed by atoms with van der Waals surface area (Å²) in [6.45, 7) is 0. The summed E-state index contributed by atoms with van der Waals surface area (Å²) in [5.41, 5.74) is 1.92. The van der Waals surface area contributed by atoms with Crippen LogP contribution in [0.15, 0.2) is 48.5 Å². The molecule has 2 rings (SSSR count). The zero-order valence-corrected chi connectivity index (χ0v) is 10.5. The predicted molar refractivity (Wildman–Crippen MR) is 76.3 cm³/mol. The fourth-order valence-corrected chi connectivity index (χ4v) is 1.64. The zero-order chi connectivity index (χ0) is 14.4. The fourth-order valence-electron chi connectivity index (χ4n) is 1.64. The second kappa shape index (κ2) is 6.29. The van der Waals surface area contributed by atoms with E-state index in [-0.39, 0.29) is 0 Å². The molecule has 0 radical (unpaired) electrons. The average Bonchev–Trinajstić information content (AvgIpc) is 2.48. The van der Waals surface area contributed by atoms with Crippen LogP contribution in [0, 0.1) is 0 Å². The van der Waals surface area contributed by atoms with Gasteiger partial charge in [-0.2, -0.15) is 0 Å². The molecule has 0 aliphatic carbocycles. The van der Waals surface area contributed by atoms with Crippen LogP contribution in [0.25, 0.3) is 0 Å². The maximum Gasteiger partial charge on any atom is 0.323 e. The summed E-state index contributed by atoms with van der Waals surface area (Å²) in [6, 6.07) is 12.7. The van der Waals surface area contributed by atoms with Crippen molar-refractivity contribution in [2.75, 3.05) is 10.6 Å². The number of benzene rings is 2. The van der Waals surface area contributed by atoms with E-state index in [1.807, 2.05) is 0 Å². The molecule has 0 aromatic heterocycles. The number of urea groups is 1. The Morgan fingerprint density at radius 3 is 2.20 bits per heavy atom. The van der Waals surface area contributed by atoms with Gasteiger partial charge in [-0.25, -0.2) is 4.79 Å². The highest BCUT2D eigenvalue weighted by Gasteiger charge is 2.06. The fraction of sp³-hybridized carbons (Fsp3) is 0. The predicted octanol–water partition coefficient (Wildman–Crippen LogP) is 2.96. The van der Waals surface area contributed by atoms with Crippen LogP contribution in [0.3, 0.4) is 0 Å². The number of rotatable bonds is 4. The molecule has 2 aromatic carbocycles. The molecule has 5 nitrogen and oxygen atoms in total. The van der Waals surface area contributed by atoms with E-state index in [0.717, 1.165) is 6.29 Å². The van der Waals surface area contributed by atoms with Gasteiger partial charge >= 0.3 is 6.03 Å². The molecule has 0 unspecified atom stereocenters. The molecule has 0 spiro atoms. The van der Waals surface area contributed by atoms with Gasteiger partial charge in [0.05, 0.1) is 5.69 Å². The SMILES string of the molecule is O=Cc1ccc(NC(=O)Nc2ccccc2C=O)cc1. The third kappa shape index (κ3) is 3.29. The Balaban J connectivity index is 2.04. The molecule has 0 aliphatic rings. The van der Waals surface area contributed by atoms with E-state index in [2.05, 4.69) is 10.6 Å². The van der Waals surface area contributed by atoms with E-state index in [4.69, 9.17) is 0 Å². The summed E-state index contributed by atoms with van der Waals surface area (Å²) in [5, 5.41) is 5.20. The van der Waals surface area contributed by atoms with E-state index >= 15 is 0 Å². The van der Waals surface area contributed by atoms with Crippen molar-refractivity contribution in [3.05, 3.63) is 59.7 Å². The van der Waals surface area contributed by atoms with Crippen molar-refractivity contribution in [2.24, 2.45) is 0 Å². The molecular weight excluding hydrogens is 256 g/mol. The monoisotopic (exact) mass is 268 g/mol. The smallest absolute Gasteiger partial charge is 0.308 e. The molecule has 0 aliphatic heterocycles. The number of hydrogen-bond acceptors (Lipinski definition) is 3. The van der Waals surface area contributed by atoms with Gasteiger partial charge in [0.15, 0.2) is 6.29 Å². The maximum absolute atomic E-state index is 11.8. The summed E-state index contributed by atoms with van der Waals surface area (Å²) < 4.78 is 0. The summed E-state index contributed by atoms with van der Waals surface area (Å²) in [7, 11) is 0. The lowest BCUT2D eigenvalue weighted by Crippen LogP contribution is -2.20. The van der Waals surface area contributed by atoms with Crippen LogP contribution in [0.5, 0.6) is 0 Å². The van der Waals surface area contributed by atoms with Gasteiger partial charge in [0.1, 0.15) is 6.29 Å². The van der Waals surface area contributed by atoms with E-state index in [1.54, 1.807) is 48.5 Å². The number of carbonyl (C=O) groups is 3. The Hall–Kier alpha value is -2.95. The molecule has 2 amide bonds. The van der Waals surface area contributed by atoms with Crippen LogP contribution in [0.2, 0.25) is 0 Å². The van der Waals surface area contributed by atoms with Gasteiger partial charge in [-0.3, -0.25) is 9.59 Å². The van der Waals surface area contributed by atoms with E-state index in [9.17, 15) is 14.4 Å². The van der Waals surface area contributed by atoms with Gasteiger partial charge in [0, 0.05) is 16.8 Å². The van der Waals surface area contributed by atoms with Crippen LogP contribution < -0.4 is 10.6 Å². The number of amides is 2. The zero-order valence-electron chi connectivity index (χ0n) is 10.5. The summed E-state index contributed by atoms with van der Waals surface area (Å²) in [4.78, 5) is 33.1. The van der Waals surface area contributed by atoms with E-state index in [1.165, 1.54) is 0 Å². The van der Waals surface area contributed by atoms with Crippen molar-refractivity contribution in [3.8, 4) is 0 Å². The standard InChI is InChI=1S/C15H12N2O3/c18-9-11-5-7-13(8-6-11)16-15(20)17-14-4-2-1-3-12(14)10-19/h1-10H,(H2,16,17,20). The van der Waals surface area contributed by atoms with Crippen LogP contribution in [-0.2, 0) is 0 Å². The molecule has 0 heterocycles. The minimum atomic E-state index is -0.460. The third-order valence-corrected chi connectivity index (χ3v) is 2.64. The second-order valence-electron chi connectivity index (χ2n) is 4.02. The number of para-hydroxylation sites is 1. The molecule has 0 fully saturated rings. The van der Waals surface area contributed by atoms with Gasteiger partial charge in [-0.05, 0) is 36.4 Å². The average molecular weight is 268 g/mol. The Labute approximate surface area is 115 Å². The Kier molecular flexibility index (Phi) is 4.24. The van der Waals surface area contributed by atoms with Gasteiger partial charge in [-0.15, -0.1) is 0 Å². The lowest BCUT2D eigenvalue weighted by atomic mass is 10.2. The highest BCUT2D eigenvalue weighted by molar-refractivity contribution is 6.02. The first-order valence-corrected chi connectivity index (χ1v) is 5.90. The third-order valence-electron chi connectivity index (χ3n) is 2.64. The molecule has 5 heteroatoms. The van der Waals surface area contributed by atoms with Crippen molar-refractivity contribution in [2.45, 2.75) is 0 Å². The molecule has 100 valence electrons. The Bertz CT molecular complexity index is 636. The van der Waals surface area contributed by atoms with Gasteiger partial charge < -0.3 is 10.6 Å². The van der Waals surface area contributed by atoms with Crippen LogP contribution >= 0.6 is 0 Å².